The summed E-state index contributed by atoms with van der Waals surface area (Å²) in [6.07, 6.45) is 1.54. The Morgan fingerprint density at radius 3 is 2.75 bits per heavy atom. The van der Waals surface area contributed by atoms with E-state index in [0.717, 1.165) is 24.5 Å². The van der Waals surface area contributed by atoms with Gasteiger partial charge in [0, 0.05) is 44.0 Å². The van der Waals surface area contributed by atoms with Gasteiger partial charge in [-0.2, -0.15) is 0 Å². The number of anilines is 1. The summed E-state index contributed by atoms with van der Waals surface area (Å²) in [5.74, 6) is 0.922. The Hall–Kier alpha value is -1.82. The zero-order valence-electron chi connectivity index (χ0n) is 12.1. The van der Waals surface area contributed by atoms with E-state index in [9.17, 15) is 4.79 Å². The monoisotopic (exact) mass is 278 g/mol. The van der Waals surface area contributed by atoms with Crippen molar-refractivity contribution in [1.82, 2.24) is 9.88 Å². The summed E-state index contributed by atoms with van der Waals surface area (Å²) in [6, 6.07) is 3.85. The third-order valence-electron chi connectivity index (χ3n) is 3.41. The normalized spacial score (nSPS) is 16.9. The van der Waals surface area contributed by atoms with Gasteiger partial charge in [-0.15, -0.1) is 0 Å². The van der Waals surface area contributed by atoms with Crippen molar-refractivity contribution in [3.8, 4) is 0 Å². The highest BCUT2D eigenvalue weighted by Crippen LogP contribution is 2.23. The molecule has 1 aliphatic heterocycles. The fourth-order valence-corrected chi connectivity index (χ4v) is 2.34. The fraction of sp³-hybridized carbons (Fsp3) is 0.571. The van der Waals surface area contributed by atoms with Gasteiger partial charge >= 0.3 is 6.09 Å². The Morgan fingerprint density at radius 2 is 2.15 bits per heavy atom. The summed E-state index contributed by atoms with van der Waals surface area (Å²) >= 11 is 0. The zero-order chi connectivity index (χ0) is 14.5. The number of carbonyl (C=O) groups is 1. The van der Waals surface area contributed by atoms with Crippen LogP contribution in [0.3, 0.4) is 0 Å². The molecule has 1 saturated heterocycles. The van der Waals surface area contributed by atoms with Gasteiger partial charge in [0.1, 0.15) is 5.82 Å². The van der Waals surface area contributed by atoms with Crippen LogP contribution in [0, 0.1) is 0 Å². The number of carbonyl (C=O) groups excluding carboxylic acids is 1. The fourth-order valence-electron chi connectivity index (χ4n) is 2.34. The van der Waals surface area contributed by atoms with E-state index in [2.05, 4.69) is 9.88 Å². The average molecular weight is 278 g/mol. The number of hydrogen-bond donors (Lipinski definition) is 1. The van der Waals surface area contributed by atoms with E-state index in [4.69, 9.17) is 10.5 Å². The molecule has 1 aromatic heterocycles. The summed E-state index contributed by atoms with van der Waals surface area (Å²) in [7, 11) is 0. The molecule has 1 atom stereocenters. The van der Waals surface area contributed by atoms with E-state index >= 15 is 0 Å². The predicted molar refractivity (Wildman–Crippen MR) is 77.6 cm³/mol. The van der Waals surface area contributed by atoms with Crippen LogP contribution in [-0.2, 0) is 4.74 Å². The maximum absolute atomic E-state index is 11.7. The first kappa shape index (κ1) is 14.6. The summed E-state index contributed by atoms with van der Waals surface area (Å²) < 4.78 is 5.02. The molecule has 2 N–H and O–H groups in total. The number of hydrogen-bond acceptors (Lipinski definition) is 5. The molecule has 2 rings (SSSR count). The first-order valence-corrected chi connectivity index (χ1v) is 7.00. The molecule has 6 nitrogen and oxygen atoms in total. The van der Waals surface area contributed by atoms with Gasteiger partial charge < -0.3 is 20.3 Å². The molecule has 0 saturated carbocycles. The Morgan fingerprint density at radius 1 is 1.45 bits per heavy atom. The number of ether oxygens (including phenoxy) is 1. The van der Waals surface area contributed by atoms with E-state index < -0.39 is 0 Å². The molecule has 1 aromatic rings. The van der Waals surface area contributed by atoms with Gasteiger partial charge in [-0.1, -0.05) is 6.07 Å². The topological polar surface area (TPSA) is 71.7 Å². The van der Waals surface area contributed by atoms with Crippen molar-refractivity contribution in [1.29, 1.82) is 0 Å². The molecule has 0 aliphatic carbocycles. The average Bonchev–Trinajstić information content (AvgIpc) is 2.47. The van der Waals surface area contributed by atoms with Crippen LogP contribution in [0.15, 0.2) is 18.3 Å². The van der Waals surface area contributed by atoms with Gasteiger partial charge in [0.2, 0.25) is 0 Å². The van der Waals surface area contributed by atoms with Gasteiger partial charge in [-0.3, -0.25) is 0 Å². The lowest BCUT2D eigenvalue weighted by Gasteiger charge is -2.35. The van der Waals surface area contributed by atoms with Crippen molar-refractivity contribution in [2.45, 2.75) is 19.9 Å². The Balaban J connectivity index is 2.02. The second-order valence-corrected chi connectivity index (χ2v) is 4.88. The van der Waals surface area contributed by atoms with Crippen LogP contribution in [0.2, 0.25) is 0 Å². The number of aromatic nitrogens is 1. The number of pyridine rings is 1. The third kappa shape index (κ3) is 3.19. The van der Waals surface area contributed by atoms with Crippen molar-refractivity contribution in [3.63, 3.8) is 0 Å². The second-order valence-electron chi connectivity index (χ2n) is 4.88. The lowest BCUT2D eigenvalue weighted by atomic mass is 10.1. The molecule has 6 heteroatoms. The maximum atomic E-state index is 11.7. The van der Waals surface area contributed by atoms with Gasteiger partial charge in [0.15, 0.2) is 0 Å². The van der Waals surface area contributed by atoms with Gasteiger partial charge in [-0.25, -0.2) is 9.78 Å². The summed E-state index contributed by atoms with van der Waals surface area (Å²) in [5, 5.41) is 0. The summed E-state index contributed by atoms with van der Waals surface area (Å²) in [4.78, 5) is 20.0. The minimum Gasteiger partial charge on any atom is -0.450 e. The molecule has 0 spiro atoms. The largest absolute Gasteiger partial charge is 0.450 e. The molecule has 1 amide bonds. The molecule has 0 bridgehead atoms. The Labute approximate surface area is 119 Å². The van der Waals surface area contributed by atoms with E-state index in [1.807, 2.05) is 26.0 Å². The Kier molecular flexibility index (Phi) is 4.79. The SMILES string of the molecule is CCOC(=O)N1CCN(c2ncccc2[C@H](C)N)CC1. The number of nitrogens with zero attached hydrogens (tertiary/aromatic N) is 3. The second kappa shape index (κ2) is 6.56. The van der Waals surface area contributed by atoms with Gasteiger partial charge in [-0.05, 0) is 19.9 Å². The molecule has 0 aromatic carbocycles. The van der Waals surface area contributed by atoms with Crippen LogP contribution >= 0.6 is 0 Å². The number of nitrogens with two attached hydrogens (primary N) is 1. The lowest BCUT2D eigenvalue weighted by Crippen LogP contribution is -2.49. The van der Waals surface area contributed by atoms with Crippen LogP contribution in [0.1, 0.15) is 25.5 Å². The van der Waals surface area contributed by atoms with Crippen LogP contribution in [0.25, 0.3) is 0 Å². The highest BCUT2D eigenvalue weighted by Gasteiger charge is 2.24. The van der Waals surface area contributed by atoms with E-state index in [-0.39, 0.29) is 12.1 Å². The third-order valence-corrected chi connectivity index (χ3v) is 3.41. The van der Waals surface area contributed by atoms with E-state index in [1.54, 1.807) is 11.1 Å². The molecular formula is C14H22N4O2. The molecule has 0 radical (unpaired) electrons. The van der Waals surface area contributed by atoms with Crippen LogP contribution in [-0.4, -0.2) is 48.8 Å². The molecule has 20 heavy (non-hydrogen) atoms. The van der Waals surface area contributed by atoms with Crippen molar-refractivity contribution in [3.05, 3.63) is 23.9 Å². The van der Waals surface area contributed by atoms with Crippen molar-refractivity contribution < 1.29 is 9.53 Å². The van der Waals surface area contributed by atoms with Crippen LogP contribution in [0.4, 0.5) is 10.6 Å². The van der Waals surface area contributed by atoms with Crippen molar-refractivity contribution in [2.24, 2.45) is 5.73 Å². The Bertz CT molecular complexity index is 456. The summed E-state index contributed by atoms with van der Waals surface area (Å²) in [5.41, 5.74) is 7.02. The molecule has 0 unspecified atom stereocenters. The number of piperazine rings is 1. The minimum atomic E-state index is -0.236. The first-order chi connectivity index (χ1) is 9.63. The summed E-state index contributed by atoms with van der Waals surface area (Å²) in [6.45, 7) is 6.97. The van der Waals surface area contributed by atoms with Crippen LogP contribution < -0.4 is 10.6 Å². The molecule has 2 heterocycles. The van der Waals surface area contributed by atoms with Crippen molar-refractivity contribution >= 4 is 11.9 Å². The molecule has 1 aliphatic rings. The lowest BCUT2D eigenvalue weighted by molar-refractivity contribution is 0.105. The molecule has 1 fully saturated rings. The van der Waals surface area contributed by atoms with Crippen LogP contribution in [0.5, 0.6) is 0 Å². The smallest absolute Gasteiger partial charge is 0.409 e. The highest BCUT2D eigenvalue weighted by atomic mass is 16.6. The quantitative estimate of drug-likeness (QED) is 0.904. The minimum absolute atomic E-state index is 0.0539. The molecular weight excluding hydrogens is 256 g/mol. The molecule has 110 valence electrons. The van der Waals surface area contributed by atoms with E-state index in [1.165, 1.54) is 0 Å². The van der Waals surface area contributed by atoms with Gasteiger partial charge in [0.05, 0.1) is 6.61 Å². The van der Waals surface area contributed by atoms with E-state index in [0.29, 0.717) is 19.7 Å². The number of rotatable bonds is 3. The maximum Gasteiger partial charge on any atom is 0.409 e. The standard InChI is InChI=1S/C14H22N4O2/c1-3-20-14(19)18-9-7-17(8-10-18)13-12(11(2)15)5-4-6-16-13/h4-6,11H,3,7-10,15H2,1-2H3/t11-/m0/s1. The zero-order valence-corrected chi connectivity index (χ0v) is 12.1. The number of amides is 1. The van der Waals surface area contributed by atoms with Gasteiger partial charge in [0.25, 0.3) is 0 Å². The highest BCUT2D eigenvalue weighted by molar-refractivity contribution is 5.68. The first-order valence-electron chi connectivity index (χ1n) is 7.00. The predicted octanol–water partition coefficient (Wildman–Crippen LogP) is 1.38. The van der Waals surface area contributed by atoms with Crippen molar-refractivity contribution in [2.75, 3.05) is 37.7 Å².